The number of quaternary nitrogens is 1. The zero-order chi connectivity index (χ0) is 24.2. The van der Waals surface area contributed by atoms with E-state index in [4.69, 9.17) is 21.0 Å². The van der Waals surface area contributed by atoms with Crippen LogP contribution in [0.2, 0.25) is 0 Å². The van der Waals surface area contributed by atoms with Crippen LogP contribution in [0.4, 0.5) is 5.69 Å². The maximum atomic E-state index is 11.5. The number of carbonyl (C=O) groups excluding carboxylic acids is 1. The molecule has 0 saturated carbocycles. The van der Waals surface area contributed by atoms with Crippen LogP contribution in [-0.2, 0) is 11.4 Å². The first-order chi connectivity index (χ1) is 16.0. The molecule has 172 valence electrons. The molecule has 1 atom stereocenters. The number of allylic oxidation sites excluding steroid dienone is 1. The zero-order valence-electron chi connectivity index (χ0n) is 18.9. The van der Waals surface area contributed by atoms with Gasteiger partial charge in [-0.2, -0.15) is 0 Å². The summed E-state index contributed by atoms with van der Waals surface area (Å²) in [4.78, 5) is 11.5. The van der Waals surface area contributed by atoms with Gasteiger partial charge in [-0.15, -0.1) is 0 Å². The molecular weight excluding hydrogens is 416 g/mol. The molecule has 0 radical (unpaired) electrons. The largest absolute Gasteiger partial charge is 0.483 e. The average molecular weight is 448 g/mol. The Morgan fingerprint density at radius 1 is 1.09 bits per heavy atom. The Bertz CT molecular complexity index is 1080. The molecule has 33 heavy (non-hydrogen) atoms. The predicted octanol–water partition coefficient (Wildman–Crippen LogP) is 2.49. The molecular formula is C26H31N4O3+. The van der Waals surface area contributed by atoms with Crippen molar-refractivity contribution < 1.29 is 20.4 Å². The maximum absolute atomic E-state index is 11.5. The fraction of sp³-hybridized carbons (Fsp3) is 0.154. The molecule has 0 heterocycles. The molecule has 0 aromatic heterocycles. The van der Waals surface area contributed by atoms with Crippen LogP contribution in [0.1, 0.15) is 22.7 Å². The number of aliphatic hydroxyl groups is 1. The molecule has 0 fully saturated rings. The number of hydrogen-bond donors (Lipinski definition) is 5. The number of rotatable bonds is 9. The zero-order valence-corrected chi connectivity index (χ0v) is 18.9. The lowest BCUT2D eigenvalue weighted by Crippen LogP contribution is -2.41. The van der Waals surface area contributed by atoms with E-state index in [2.05, 4.69) is 11.1 Å². The van der Waals surface area contributed by atoms with E-state index in [0.29, 0.717) is 35.5 Å². The Hall–Kier alpha value is -3.78. The van der Waals surface area contributed by atoms with E-state index < -0.39 is 6.04 Å². The van der Waals surface area contributed by atoms with Crippen LogP contribution in [0.15, 0.2) is 90.1 Å². The predicted molar refractivity (Wildman–Crippen MR) is 130 cm³/mol. The lowest BCUT2D eigenvalue weighted by molar-refractivity contribution is -0.256. The highest BCUT2D eigenvalue weighted by molar-refractivity contribution is 6.13. The summed E-state index contributed by atoms with van der Waals surface area (Å²) in [6.45, 7) is 0.445. The van der Waals surface area contributed by atoms with Crippen molar-refractivity contribution in [3.05, 3.63) is 107 Å². The van der Waals surface area contributed by atoms with E-state index in [-0.39, 0.29) is 11.4 Å². The van der Waals surface area contributed by atoms with E-state index in [1.54, 1.807) is 7.05 Å². The first-order valence-corrected chi connectivity index (χ1v) is 10.4. The van der Waals surface area contributed by atoms with E-state index in [1.807, 2.05) is 78.9 Å². The van der Waals surface area contributed by atoms with E-state index in [1.165, 1.54) is 0 Å². The van der Waals surface area contributed by atoms with Crippen molar-refractivity contribution in [2.45, 2.75) is 12.6 Å². The third-order valence-electron chi connectivity index (χ3n) is 5.00. The minimum atomic E-state index is -0.457. The van der Waals surface area contributed by atoms with Gasteiger partial charge in [0.05, 0.1) is 17.5 Å². The molecule has 7 nitrogen and oxygen atoms in total. The summed E-state index contributed by atoms with van der Waals surface area (Å²) in [6.07, 6.45) is 0.583. The van der Waals surface area contributed by atoms with Gasteiger partial charge >= 0.3 is 0 Å². The van der Waals surface area contributed by atoms with Gasteiger partial charge in [0.15, 0.2) is 17.7 Å². The minimum Gasteiger partial charge on any atom is -0.483 e. The molecule has 3 aromatic carbocycles. The Kier molecular flexibility index (Phi) is 9.98. The second kappa shape index (κ2) is 12.9. The number of ether oxygens (including phenoxy) is 1. The Morgan fingerprint density at radius 3 is 2.24 bits per heavy atom. The van der Waals surface area contributed by atoms with Gasteiger partial charge < -0.3 is 26.6 Å². The van der Waals surface area contributed by atoms with E-state index in [0.717, 1.165) is 18.2 Å². The van der Waals surface area contributed by atoms with Crippen LogP contribution in [0.3, 0.4) is 0 Å². The monoisotopic (exact) mass is 447 g/mol. The smallest absolute Gasteiger partial charge is 0.180 e. The standard InChI is InChI=1S/C25H26N4O2.CH4O/c1-29-25(23(21(27)15-30)24(28)18-10-6-3-7-11-18)19-12-13-22(20(26)14-19)31-16-17-8-4-2-5-9-17;1-2/h2-15,25,28-29H,16,26-27H2,1H3;2H,1H3/p+1/b23-21+,28-24?;. The number of aliphatic hydroxyl groups excluding tert-OH is 1. The molecule has 7 heteroatoms. The highest BCUT2D eigenvalue weighted by Crippen LogP contribution is 2.30. The van der Waals surface area contributed by atoms with E-state index in [9.17, 15) is 4.79 Å². The average Bonchev–Trinajstić information content (AvgIpc) is 2.88. The second-order valence-electron chi connectivity index (χ2n) is 7.09. The highest BCUT2D eigenvalue weighted by Gasteiger charge is 2.24. The topological polar surface area (TPSA) is 136 Å². The summed E-state index contributed by atoms with van der Waals surface area (Å²) in [6, 6.07) is 24.3. The number of hydrogen-bond acceptors (Lipinski definition) is 6. The molecule has 0 aliphatic rings. The van der Waals surface area contributed by atoms with Crippen molar-refractivity contribution >= 4 is 17.7 Å². The van der Waals surface area contributed by atoms with Crippen molar-refractivity contribution in [1.82, 2.24) is 5.32 Å². The Morgan fingerprint density at radius 2 is 1.70 bits per heavy atom. The molecule has 8 N–H and O–H groups in total. The summed E-state index contributed by atoms with van der Waals surface area (Å²) in [5.74, 6) is 0.675. The van der Waals surface area contributed by atoms with Gasteiger partial charge in [0.1, 0.15) is 6.61 Å². The number of nitrogens with two attached hydrogens (primary N) is 1. The number of carbonyl (C=O) groups is 1. The fourth-order valence-corrected chi connectivity index (χ4v) is 3.41. The van der Waals surface area contributed by atoms with Gasteiger partial charge in [-0.3, -0.25) is 10.2 Å². The molecule has 3 rings (SSSR count). The summed E-state index contributed by atoms with van der Waals surface area (Å²) in [5.41, 5.74) is 14.1. The molecule has 0 bridgehead atoms. The van der Waals surface area contributed by atoms with Gasteiger partial charge in [-0.25, -0.2) is 0 Å². The normalized spacial score (nSPS) is 12.0. The third-order valence-corrected chi connectivity index (χ3v) is 5.00. The number of nitrogens with one attached hydrogen (secondary N) is 2. The molecule has 0 aliphatic heterocycles. The van der Waals surface area contributed by atoms with Gasteiger partial charge in [0.25, 0.3) is 0 Å². The van der Waals surface area contributed by atoms with Crippen LogP contribution in [0.5, 0.6) is 5.75 Å². The van der Waals surface area contributed by atoms with Crippen molar-refractivity contribution in [2.24, 2.45) is 5.73 Å². The van der Waals surface area contributed by atoms with Crippen LogP contribution < -0.4 is 21.5 Å². The number of aldehydes is 1. The molecule has 3 aromatic rings. The highest BCUT2D eigenvalue weighted by atomic mass is 16.5. The molecule has 0 amide bonds. The molecule has 0 spiro atoms. The van der Waals surface area contributed by atoms with Gasteiger partial charge in [0, 0.05) is 18.7 Å². The van der Waals surface area contributed by atoms with Gasteiger partial charge in [0.2, 0.25) is 0 Å². The SMILES string of the molecule is CNC(/C(C(=N)c1ccccc1)=C(/N)C=O)c1ccc(OCc2ccccc2)c([NH3+])c1.CO. The summed E-state index contributed by atoms with van der Waals surface area (Å²) in [5, 5.41) is 18.9. The van der Waals surface area contributed by atoms with Crippen LogP contribution in [0, 0.1) is 5.41 Å². The lowest BCUT2D eigenvalue weighted by atomic mass is 9.90. The maximum Gasteiger partial charge on any atom is 0.180 e. The van der Waals surface area contributed by atoms with Crippen LogP contribution >= 0.6 is 0 Å². The quantitative estimate of drug-likeness (QED) is 0.195. The van der Waals surface area contributed by atoms with Crippen molar-refractivity contribution in [3.8, 4) is 5.75 Å². The second-order valence-corrected chi connectivity index (χ2v) is 7.09. The van der Waals surface area contributed by atoms with Crippen LogP contribution in [0.25, 0.3) is 0 Å². The minimum absolute atomic E-state index is 0.0169. The molecule has 0 saturated heterocycles. The van der Waals surface area contributed by atoms with Crippen LogP contribution in [-0.4, -0.2) is 31.3 Å². The fourth-order valence-electron chi connectivity index (χ4n) is 3.41. The van der Waals surface area contributed by atoms with Crippen molar-refractivity contribution in [3.63, 3.8) is 0 Å². The first-order valence-electron chi connectivity index (χ1n) is 10.4. The van der Waals surface area contributed by atoms with Crippen molar-refractivity contribution in [1.29, 1.82) is 5.41 Å². The molecule has 0 aliphatic carbocycles. The Labute approximate surface area is 194 Å². The van der Waals surface area contributed by atoms with Gasteiger partial charge in [-0.1, -0.05) is 66.7 Å². The number of benzene rings is 3. The molecule has 1 unspecified atom stereocenters. The van der Waals surface area contributed by atoms with E-state index >= 15 is 0 Å². The third kappa shape index (κ3) is 6.60. The van der Waals surface area contributed by atoms with Gasteiger partial charge in [-0.05, 0) is 29.8 Å². The summed E-state index contributed by atoms with van der Waals surface area (Å²) in [7, 11) is 2.77. The summed E-state index contributed by atoms with van der Waals surface area (Å²) >= 11 is 0. The summed E-state index contributed by atoms with van der Waals surface area (Å²) < 4.78 is 5.92. The number of likely N-dealkylation sites (N-methyl/N-ethyl adjacent to an activating group) is 1. The van der Waals surface area contributed by atoms with Crippen molar-refractivity contribution in [2.75, 3.05) is 14.2 Å². The Balaban J connectivity index is 0.00000187. The lowest BCUT2D eigenvalue weighted by Gasteiger charge is -2.23. The first kappa shape index (κ1) is 25.5.